The van der Waals surface area contributed by atoms with Crippen LogP contribution >= 0.6 is 0 Å². The molecular weight excluding hydrogens is 240 g/mol. The molecule has 0 aliphatic rings. The number of sulfone groups is 1. The second-order valence-electron chi connectivity index (χ2n) is 3.34. The second-order valence-corrected chi connectivity index (χ2v) is 7.82. The molecule has 0 aliphatic heterocycles. The summed E-state index contributed by atoms with van der Waals surface area (Å²) in [6.07, 6.45) is 1.53. The van der Waals surface area contributed by atoms with Crippen molar-refractivity contribution in [3.8, 4) is 0 Å². The van der Waals surface area contributed by atoms with Gasteiger partial charge in [-0.25, -0.2) is 16.8 Å². The lowest BCUT2D eigenvalue weighted by Gasteiger charge is -2.19. The molecule has 2 N–H and O–H groups in total. The van der Waals surface area contributed by atoms with Crippen LogP contribution < -0.4 is 5.73 Å². The quantitative estimate of drug-likeness (QED) is 0.631. The molecule has 0 rings (SSSR count). The highest BCUT2D eigenvalue weighted by atomic mass is 32.3. The highest BCUT2D eigenvalue weighted by molar-refractivity contribution is 8.06. The fraction of sp³-hybridized carbons (Fsp3) is 1.00. The van der Waals surface area contributed by atoms with Crippen LogP contribution in [-0.4, -0.2) is 52.1 Å². The van der Waals surface area contributed by atoms with Crippen LogP contribution in [0.5, 0.6) is 0 Å². The van der Waals surface area contributed by atoms with E-state index in [1.165, 1.54) is 0 Å². The summed E-state index contributed by atoms with van der Waals surface area (Å²) >= 11 is 0. The molecule has 0 fully saturated rings. The summed E-state index contributed by atoms with van der Waals surface area (Å²) in [5, 5.41) is -0.847. The Labute approximate surface area is 91.4 Å². The van der Waals surface area contributed by atoms with E-state index in [1.807, 2.05) is 6.92 Å². The summed E-state index contributed by atoms with van der Waals surface area (Å²) in [4.78, 5) is 0. The van der Waals surface area contributed by atoms with Crippen LogP contribution in [0.25, 0.3) is 0 Å². The van der Waals surface area contributed by atoms with Gasteiger partial charge in [0.1, 0.15) is 0 Å². The van der Waals surface area contributed by atoms with Crippen LogP contribution in [0.15, 0.2) is 0 Å². The van der Waals surface area contributed by atoms with Crippen LogP contribution in [0, 0.1) is 0 Å². The molecule has 0 saturated carbocycles. The number of rotatable bonds is 7. The van der Waals surface area contributed by atoms with Gasteiger partial charge in [-0.3, -0.25) is 0 Å². The molecule has 0 radical (unpaired) electrons. The minimum absolute atomic E-state index is 0.158. The largest absolute Gasteiger partial charge is 0.329 e. The summed E-state index contributed by atoms with van der Waals surface area (Å²) in [6, 6.07) is 0. The minimum Gasteiger partial charge on any atom is -0.329 e. The molecule has 0 bridgehead atoms. The lowest BCUT2D eigenvalue weighted by Crippen LogP contribution is -2.39. The van der Waals surface area contributed by atoms with Crippen molar-refractivity contribution < 1.29 is 16.8 Å². The Morgan fingerprint density at radius 1 is 1.13 bits per heavy atom. The standard InChI is InChI=1S/C7H18N2O4S2/c1-3-5-9(6-4-8)15(12,13)7-14(2,10)11/h3-8H2,1-2H3. The Balaban J connectivity index is 4.79. The van der Waals surface area contributed by atoms with E-state index in [0.717, 1.165) is 10.6 Å². The molecule has 0 atom stereocenters. The van der Waals surface area contributed by atoms with Gasteiger partial charge >= 0.3 is 0 Å². The molecular formula is C7H18N2O4S2. The molecule has 0 saturated heterocycles. The number of hydrogen-bond acceptors (Lipinski definition) is 5. The van der Waals surface area contributed by atoms with Gasteiger partial charge in [-0.15, -0.1) is 0 Å². The monoisotopic (exact) mass is 258 g/mol. The van der Waals surface area contributed by atoms with Crippen LogP contribution in [0.1, 0.15) is 13.3 Å². The van der Waals surface area contributed by atoms with Gasteiger partial charge < -0.3 is 5.73 Å². The topological polar surface area (TPSA) is 97.5 Å². The lowest BCUT2D eigenvalue weighted by atomic mass is 10.5. The molecule has 15 heavy (non-hydrogen) atoms. The zero-order valence-corrected chi connectivity index (χ0v) is 10.6. The molecule has 0 aromatic carbocycles. The molecule has 92 valence electrons. The molecule has 8 heteroatoms. The Hall–Kier alpha value is -0.180. The Morgan fingerprint density at radius 3 is 2.00 bits per heavy atom. The van der Waals surface area contributed by atoms with Gasteiger partial charge in [0, 0.05) is 25.9 Å². The maximum Gasteiger partial charge on any atom is 0.228 e. The van der Waals surface area contributed by atoms with E-state index in [0.29, 0.717) is 13.0 Å². The summed E-state index contributed by atoms with van der Waals surface area (Å²) in [5.41, 5.74) is 5.26. The number of nitrogens with two attached hydrogens (primary N) is 1. The van der Waals surface area contributed by atoms with E-state index in [9.17, 15) is 16.8 Å². The van der Waals surface area contributed by atoms with Crippen molar-refractivity contribution >= 4 is 19.9 Å². The van der Waals surface area contributed by atoms with Crippen molar-refractivity contribution in [3.05, 3.63) is 0 Å². The molecule has 6 nitrogen and oxygen atoms in total. The van der Waals surface area contributed by atoms with Crippen molar-refractivity contribution in [1.29, 1.82) is 0 Å². The van der Waals surface area contributed by atoms with E-state index < -0.39 is 24.9 Å². The highest BCUT2D eigenvalue weighted by Crippen LogP contribution is 2.05. The van der Waals surface area contributed by atoms with E-state index in [1.54, 1.807) is 0 Å². The van der Waals surface area contributed by atoms with Crippen molar-refractivity contribution in [2.24, 2.45) is 5.73 Å². The third-order valence-electron chi connectivity index (χ3n) is 1.61. The van der Waals surface area contributed by atoms with Crippen molar-refractivity contribution in [2.45, 2.75) is 13.3 Å². The van der Waals surface area contributed by atoms with Crippen LogP contribution in [0.4, 0.5) is 0 Å². The fourth-order valence-electron chi connectivity index (χ4n) is 1.13. The van der Waals surface area contributed by atoms with Crippen LogP contribution in [0.3, 0.4) is 0 Å². The Kier molecular flexibility index (Phi) is 5.71. The predicted octanol–water partition coefficient (Wildman–Crippen LogP) is -1.01. The van der Waals surface area contributed by atoms with Gasteiger partial charge in [0.2, 0.25) is 10.0 Å². The number of nitrogens with zero attached hydrogens (tertiary/aromatic N) is 1. The highest BCUT2D eigenvalue weighted by Gasteiger charge is 2.25. The normalized spacial score (nSPS) is 13.3. The zero-order chi connectivity index (χ0) is 12.1. The van der Waals surface area contributed by atoms with Gasteiger partial charge in [0.25, 0.3) is 0 Å². The third kappa shape index (κ3) is 6.08. The smallest absolute Gasteiger partial charge is 0.228 e. The van der Waals surface area contributed by atoms with E-state index >= 15 is 0 Å². The zero-order valence-electron chi connectivity index (χ0n) is 9.01. The van der Waals surface area contributed by atoms with Crippen molar-refractivity contribution in [2.75, 3.05) is 31.0 Å². The van der Waals surface area contributed by atoms with E-state index in [4.69, 9.17) is 5.73 Å². The summed E-state index contributed by atoms with van der Waals surface area (Å²) in [7, 11) is -7.27. The molecule has 0 heterocycles. The van der Waals surface area contributed by atoms with E-state index in [2.05, 4.69) is 0 Å². The molecule has 0 aromatic rings. The Morgan fingerprint density at radius 2 is 1.67 bits per heavy atom. The molecule has 0 unspecified atom stereocenters. The maximum absolute atomic E-state index is 11.6. The van der Waals surface area contributed by atoms with Gasteiger partial charge in [-0.05, 0) is 6.42 Å². The summed E-state index contributed by atoms with van der Waals surface area (Å²) in [5.74, 6) is 0. The lowest BCUT2D eigenvalue weighted by molar-refractivity contribution is 0.420. The SMILES string of the molecule is CCCN(CCN)S(=O)(=O)CS(C)(=O)=O. The van der Waals surface area contributed by atoms with Gasteiger partial charge in [0.15, 0.2) is 14.9 Å². The van der Waals surface area contributed by atoms with Crippen LogP contribution in [-0.2, 0) is 19.9 Å². The molecule has 0 aliphatic carbocycles. The Bertz CT molecular complexity index is 368. The van der Waals surface area contributed by atoms with E-state index in [-0.39, 0.29) is 13.1 Å². The van der Waals surface area contributed by atoms with Gasteiger partial charge in [-0.2, -0.15) is 4.31 Å². The minimum atomic E-state index is -3.74. The first-order valence-corrected chi connectivity index (χ1v) is 8.25. The first-order valence-electron chi connectivity index (χ1n) is 4.58. The molecule has 0 aromatic heterocycles. The average Bonchev–Trinajstić information content (AvgIpc) is 1.99. The van der Waals surface area contributed by atoms with Gasteiger partial charge in [-0.1, -0.05) is 6.92 Å². The first-order chi connectivity index (χ1) is 6.73. The summed E-state index contributed by atoms with van der Waals surface area (Å²) < 4.78 is 46.2. The summed E-state index contributed by atoms with van der Waals surface area (Å²) in [6.45, 7) is 2.46. The van der Waals surface area contributed by atoms with Gasteiger partial charge in [0.05, 0.1) is 0 Å². The van der Waals surface area contributed by atoms with Crippen LogP contribution in [0.2, 0.25) is 0 Å². The average molecular weight is 258 g/mol. The van der Waals surface area contributed by atoms with Crippen molar-refractivity contribution in [1.82, 2.24) is 4.31 Å². The number of sulfonamides is 1. The molecule has 0 spiro atoms. The fourth-order valence-corrected chi connectivity index (χ4v) is 4.73. The third-order valence-corrected chi connectivity index (χ3v) is 5.66. The second kappa shape index (κ2) is 5.78. The molecule has 0 amide bonds. The predicted molar refractivity (Wildman–Crippen MR) is 59.5 cm³/mol. The van der Waals surface area contributed by atoms with Crippen molar-refractivity contribution in [3.63, 3.8) is 0 Å². The first kappa shape index (κ1) is 14.8. The maximum atomic E-state index is 11.6. The number of hydrogen-bond donors (Lipinski definition) is 1.